The van der Waals surface area contributed by atoms with Crippen LogP contribution in [-0.4, -0.2) is 31.4 Å². The first-order chi connectivity index (χ1) is 14.2. The maximum atomic E-state index is 13.5. The van der Waals surface area contributed by atoms with Gasteiger partial charge in [-0.2, -0.15) is 0 Å². The van der Waals surface area contributed by atoms with E-state index >= 15 is 0 Å². The van der Waals surface area contributed by atoms with Crippen LogP contribution in [0.25, 0.3) is 0 Å². The first kappa shape index (κ1) is 22.4. The SMILES string of the molecule is CCOC(=O)C1=C(C)NC2=C(C(=O)[C@H](C(=O)OC)[C@@H](C)C2)[C@@H]1c1ccc(Cl)c(Cl)c1. The quantitative estimate of drug-likeness (QED) is 0.546. The van der Waals surface area contributed by atoms with Gasteiger partial charge in [0.05, 0.1) is 29.3 Å². The summed E-state index contributed by atoms with van der Waals surface area (Å²) in [4.78, 5) is 38.7. The number of carbonyl (C=O) groups is 3. The van der Waals surface area contributed by atoms with Gasteiger partial charge in [-0.05, 0) is 43.9 Å². The van der Waals surface area contributed by atoms with Gasteiger partial charge in [0.25, 0.3) is 0 Å². The minimum atomic E-state index is -0.942. The van der Waals surface area contributed by atoms with Gasteiger partial charge in [-0.1, -0.05) is 36.2 Å². The zero-order valence-corrected chi connectivity index (χ0v) is 18.7. The molecular weight excluding hydrogens is 429 g/mol. The predicted octanol–water partition coefficient (Wildman–Crippen LogP) is 4.17. The molecular formula is C22H23Cl2NO5. The second-order valence-corrected chi connectivity index (χ2v) is 8.24. The Balaban J connectivity index is 2.21. The molecule has 3 rings (SSSR count). The summed E-state index contributed by atoms with van der Waals surface area (Å²) >= 11 is 12.3. The third-order valence-corrected chi connectivity index (χ3v) is 6.25. The van der Waals surface area contributed by atoms with Crippen LogP contribution in [0, 0.1) is 11.8 Å². The summed E-state index contributed by atoms with van der Waals surface area (Å²) in [5.41, 5.74) is 2.57. The van der Waals surface area contributed by atoms with Crippen molar-refractivity contribution >= 4 is 40.9 Å². The van der Waals surface area contributed by atoms with Crippen LogP contribution in [0.15, 0.2) is 40.7 Å². The number of halogens is 2. The number of methoxy groups -OCH3 is 1. The molecule has 1 heterocycles. The van der Waals surface area contributed by atoms with Crippen molar-refractivity contribution in [2.75, 3.05) is 13.7 Å². The lowest BCUT2D eigenvalue weighted by Gasteiger charge is -2.38. The van der Waals surface area contributed by atoms with Crippen LogP contribution in [0.1, 0.15) is 38.7 Å². The summed E-state index contributed by atoms with van der Waals surface area (Å²) in [5.74, 6) is -3.41. The second kappa shape index (κ2) is 8.82. The lowest BCUT2D eigenvalue weighted by atomic mass is 9.69. The monoisotopic (exact) mass is 451 g/mol. The van der Waals surface area contributed by atoms with Crippen LogP contribution < -0.4 is 5.32 Å². The Labute approximate surface area is 185 Å². The Bertz CT molecular complexity index is 982. The molecule has 0 radical (unpaired) electrons. The van der Waals surface area contributed by atoms with Crippen molar-refractivity contribution < 1.29 is 23.9 Å². The van der Waals surface area contributed by atoms with Crippen LogP contribution in [0.2, 0.25) is 10.0 Å². The standard InChI is InChI=1S/C22H23Cl2NO5/c1-5-30-22(28)17-11(3)25-15-8-10(2)16(21(27)29-4)20(26)19(15)18(17)12-6-7-13(23)14(24)9-12/h6-7,9-10,16,18,25H,5,8H2,1-4H3/t10-,16+,18+/m0/s1. The van der Waals surface area contributed by atoms with E-state index in [2.05, 4.69) is 5.32 Å². The van der Waals surface area contributed by atoms with Gasteiger partial charge in [0.2, 0.25) is 0 Å². The third-order valence-electron chi connectivity index (χ3n) is 5.52. The summed E-state index contributed by atoms with van der Waals surface area (Å²) in [6.45, 7) is 5.50. The normalized spacial score (nSPS) is 23.7. The van der Waals surface area contributed by atoms with E-state index in [-0.39, 0.29) is 18.3 Å². The van der Waals surface area contributed by atoms with E-state index in [9.17, 15) is 14.4 Å². The average molecular weight is 452 g/mol. The number of rotatable bonds is 4. The highest BCUT2D eigenvalue weighted by molar-refractivity contribution is 6.42. The fourth-order valence-electron chi connectivity index (χ4n) is 4.19. The molecule has 1 aliphatic heterocycles. The third kappa shape index (κ3) is 3.86. The molecule has 1 aromatic rings. The van der Waals surface area contributed by atoms with E-state index in [4.69, 9.17) is 32.7 Å². The number of benzene rings is 1. The largest absolute Gasteiger partial charge is 0.468 e. The van der Waals surface area contributed by atoms with Crippen molar-refractivity contribution in [3.63, 3.8) is 0 Å². The van der Waals surface area contributed by atoms with Crippen molar-refractivity contribution in [1.29, 1.82) is 0 Å². The molecule has 1 N–H and O–H groups in total. The summed E-state index contributed by atoms with van der Waals surface area (Å²) in [5, 5.41) is 3.86. The molecule has 6 nitrogen and oxygen atoms in total. The van der Waals surface area contributed by atoms with Gasteiger partial charge in [-0.25, -0.2) is 4.79 Å². The van der Waals surface area contributed by atoms with E-state index in [0.29, 0.717) is 44.6 Å². The van der Waals surface area contributed by atoms with E-state index in [0.717, 1.165) is 0 Å². The maximum absolute atomic E-state index is 13.5. The minimum absolute atomic E-state index is 0.186. The van der Waals surface area contributed by atoms with Crippen molar-refractivity contribution in [3.8, 4) is 0 Å². The number of hydrogen-bond donors (Lipinski definition) is 1. The Kier molecular flexibility index (Phi) is 6.58. The number of ether oxygens (including phenoxy) is 2. The number of allylic oxidation sites excluding steroid dienone is 3. The highest BCUT2D eigenvalue weighted by Crippen LogP contribution is 2.46. The number of carbonyl (C=O) groups excluding carboxylic acids is 3. The van der Waals surface area contributed by atoms with Crippen molar-refractivity contribution in [2.45, 2.75) is 33.1 Å². The van der Waals surface area contributed by atoms with Gasteiger partial charge in [-0.15, -0.1) is 0 Å². The first-order valence-corrected chi connectivity index (χ1v) is 10.4. The Morgan fingerprint density at radius 2 is 1.93 bits per heavy atom. The van der Waals surface area contributed by atoms with Crippen LogP contribution in [0.3, 0.4) is 0 Å². The smallest absolute Gasteiger partial charge is 0.336 e. The zero-order chi connectivity index (χ0) is 22.2. The molecule has 30 heavy (non-hydrogen) atoms. The summed E-state index contributed by atoms with van der Waals surface area (Å²) < 4.78 is 10.1. The molecule has 0 saturated carbocycles. The number of ketones is 1. The van der Waals surface area contributed by atoms with Gasteiger partial charge in [0, 0.05) is 22.9 Å². The zero-order valence-electron chi connectivity index (χ0n) is 17.2. The van der Waals surface area contributed by atoms with Crippen molar-refractivity contribution in [1.82, 2.24) is 5.32 Å². The fraction of sp³-hybridized carbons (Fsp3) is 0.409. The van der Waals surface area contributed by atoms with Crippen LogP contribution >= 0.6 is 23.2 Å². The van der Waals surface area contributed by atoms with Crippen LogP contribution in [0.4, 0.5) is 0 Å². The Morgan fingerprint density at radius 3 is 2.53 bits per heavy atom. The second-order valence-electron chi connectivity index (χ2n) is 7.43. The van der Waals surface area contributed by atoms with Crippen LogP contribution in [0.5, 0.6) is 0 Å². The Morgan fingerprint density at radius 1 is 1.23 bits per heavy atom. The Hall–Kier alpha value is -2.31. The van der Waals surface area contributed by atoms with Gasteiger partial charge < -0.3 is 14.8 Å². The number of hydrogen-bond acceptors (Lipinski definition) is 6. The molecule has 1 aromatic carbocycles. The summed E-state index contributed by atoms with van der Waals surface area (Å²) in [6, 6.07) is 4.97. The molecule has 0 aromatic heterocycles. The van der Waals surface area contributed by atoms with Gasteiger partial charge >= 0.3 is 11.9 Å². The van der Waals surface area contributed by atoms with Crippen molar-refractivity contribution in [3.05, 3.63) is 56.3 Å². The fourth-order valence-corrected chi connectivity index (χ4v) is 4.49. The van der Waals surface area contributed by atoms with Gasteiger partial charge in [-0.3, -0.25) is 9.59 Å². The molecule has 0 spiro atoms. The molecule has 8 heteroatoms. The topological polar surface area (TPSA) is 81.7 Å². The molecule has 0 fully saturated rings. The van der Waals surface area contributed by atoms with E-state index in [1.54, 1.807) is 32.0 Å². The highest BCUT2D eigenvalue weighted by Gasteiger charge is 2.47. The molecule has 1 aliphatic carbocycles. The molecule has 0 bridgehead atoms. The predicted molar refractivity (Wildman–Crippen MR) is 113 cm³/mol. The molecule has 160 valence electrons. The minimum Gasteiger partial charge on any atom is -0.468 e. The van der Waals surface area contributed by atoms with E-state index in [1.165, 1.54) is 7.11 Å². The number of dihydropyridines is 1. The highest BCUT2D eigenvalue weighted by atomic mass is 35.5. The van der Waals surface area contributed by atoms with Crippen molar-refractivity contribution in [2.24, 2.45) is 11.8 Å². The lowest BCUT2D eigenvalue weighted by Crippen LogP contribution is -2.43. The molecule has 0 saturated heterocycles. The van der Waals surface area contributed by atoms with Gasteiger partial charge in [0.15, 0.2) is 5.78 Å². The maximum Gasteiger partial charge on any atom is 0.336 e. The van der Waals surface area contributed by atoms with Crippen LogP contribution in [-0.2, 0) is 23.9 Å². The number of nitrogens with one attached hydrogen (secondary N) is 1. The van der Waals surface area contributed by atoms with E-state index in [1.807, 2.05) is 6.92 Å². The lowest BCUT2D eigenvalue weighted by molar-refractivity contribution is -0.151. The summed E-state index contributed by atoms with van der Waals surface area (Å²) in [7, 11) is 1.26. The van der Waals surface area contributed by atoms with Gasteiger partial charge in [0.1, 0.15) is 5.92 Å². The molecule has 0 unspecified atom stereocenters. The summed E-state index contributed by atoms with van der Waals surface area (Å²) in [6.07, 6.45) is 0.464. The van der Waals surface area contributed by atoms with E-state index < -0.39 is 23.8 Å². The number of Topliss-reactive ketones (excluding diaryl/α,β-unsaturated/α-hetero) is 1. The molecule has 2 aliphatic rings. The number of esters is 2. The molecule has 3 atom stereocenters. The average Bonchev–Trinajstić information content (AvgIpc) is 2.68. The first-order valence-electron chi connectivity index (χ1n) is 9.66. The molecule has 0 amide bonds.